The average Bonchev–Trinajstić information content (AvgIpc) is 2.46. The number of methoxy groups -OCH3 is 1. The van der Waals surface area contributed by atoms with Gasteiger partial charge in [-0.2, -0.15) is 0 Å². The van der Waals surface area contributed by atoms with Crippen molar-refractivity contribution in [2.45, 2.75) is 32.2 Å². The average molecular weight is 278 g/mol. The number of amides is 1. The highest BCUT2D eigenvalue weighted by molar-refractivity contribution is 5.89. The Morgan fingerprint density at radius 1 is 1.40 bits per heavy atom. The Balaban J connectivity index is 2.46. The van der Waals surface area contributed by atoms with Crippen molar-refractivity contribution in [1.82, 2.24) is 5.32 Å². The molecule has 0 aliphatic carbocycles. The minimum Gasteiger partial charge on any atom is -0.465 e. The van der Waals surface area contributed by atoms with Gasteiger partial charge in [0.05, 0.1) is 18.7 Å². The molecule has 1 aromatic rings. The van der Waals surface area contributed by atoms with Crippen molar-refractivity contribution in [2.24, 2.45) is 5.73 Å². The van der Waals surface area contributed by atoms with Crippen molar-refractivity contribution in [3.63, 3.8) is 0 Å². The molecular weight excluding hydrogens is 256 g/mol. The van der Waals surface area contributed by atoms with Gasteiger partial charge in [-0.3, -0.25) is 4.79 Å². The van der Waals surface area contributed by atoms with Gasteiger partial charge >= 0.3 is 5.97 Å². The van der Waals surface area contributed by atoms with Crippen molar-refractivity contribution in [2.75, 3.05) is 13.7 Å². The number of carbonyl (C=O) groups excluding carboxylic acids is 2. The summed E-state index contributed by atoms with van der Waals surface area (Å²) >= 11 is 0. The standard InChI is InChI=1S/C15H22N2O3/c1-3-5-13(16)14(18)17-9-8-11-6-4-7-12(10-11)15(19)20-2/h4,6-7,10,13H,3,5,8-9,16H2,1-2H3,(H,17,18). The number of hydrogen-bond acceptors (Lipinski definition) is 4. The van der Waals surface area contributed by atoms with E-state index in [9.17, 15) is 9.59 Å². The van der Waals surface area contributed by atoms with E-state index >= 15 is 0 Å². The zero-order valence-corrected chi connectivity index (χ0v) is 12.0. The van der Waals surface area contributed by atoms with Crippen molar-refractivity contribution in [3.8, 4) is 0 Å². The monoisotopic (exact) mass is 278 g/mol. The summed E-state index contributed by atoms with van der Waals surface area (Å²) in [4.78, 5) is 23.0. The summed E-state index contributed by atoms with van der Waals surface area (Å²) in [5.74, 6) is -0.489. The molecule has 0 aliphatic heterocycles. The first-order chi connectivity index (χ1) is 9.58. The molecule has 110 valence electrons. The maximum absolute atomic E-state index is 11.6. The largest absolute Gasteiger partial charge is 0.465 e. The fourth-order valence-corrected chi connectivity index (χ4v) is 1.87. The van der Waals surface area contributed by atoms with E-state index in [2.05, 4.69) is 10.1 Å². The molecular formula is C15H22N2O3. The molecule has 0 aromatic heterocycles. The molecule has 1 atom stereocenters. The fraction of sp³-hybridized carbons (Fsp3) is 0.467. The van der Waals surface area contributed by atoms with Crippen LogP contribution in [-0.4, -0.2) is 31.6 Å². The van der Waals surface area contributed by atoms with Crippen molar-refractivity contribution >= 4 is 11.9 Å². The van der Waals surface area contributed by atoms with Crippen LogP contribution < -0.4 is 11.1 Å². The van der Waals surface area contributed by atoms with E-state index in [1.807, 2.05) is 13.0 Å². The van der Waals surface area contributed by atoms with Crippen LogP contribution in [0.25, 0.3) is 0 Å². The topological polar surface area (TPSA) is 81.4 Å². The molecule has 0 saturated carbocycles. The zero-order chi connectivity index (χ0) is 15.0. The number of nitrogens with two attached hydrogens (primary N) is 1. The molecule has 0 heterocycles. The number of ether oxygens (including phenoxy) is 1. The van der Waals surface area contributed by atoms with Crippen LogP contribution >= 0.6 is 0 Å². The van der Waals surface area contributed by atoms with E-state index in [0.29, 0.717) is 24.9 Å². The Morgan fingerprint density at radius 3 is 2.80 bits per heavy atom. The number of esters is 1. The van der Waals surface area contributed by atoms with Crippen LogP contribution in [0.3, 0.4) is 0 Å². The second-order valence-corrected chi connectivity index (χ2v) is 4.63. The van der Waals surface area contributed by atoms with Crippen LogP contribution in [0.5, 0.6) is 0 Å². The molecule has 5 nitrogen and oxygen atoms in total. The summed E-state index contributed by atoms with van der Waals surface area (Å²) in [5.41, 5.74) is 7.20. The van der Waals surface area contributed by atoms with Crippen LogP contribution in [-0.2, 0) is 16.0 Å². The molecule has 0 saturated heterocycles. The van der Waals surface area contributed by atoms with Gasteiger partial charge in [-0.15, -0.1) is 0 Å². The van der Waals surface area contributed by atoms with E-state index in [0.717, 1.165) is 12.0 Å². The molecule has 1 unspecified atom stereocenters. The third-order valence-corrected chi connectivity index (χ3v) is 3.00. The number of nitrogens with one attached hydrogen (secondary N) is 1. The number of rotatable bonds is 7. The van der Waals surface area contributed by atoms with Gasteiger partial charge in [0, 0.05) is 6.54 Å². The van der Waals surface area contributed by atoms with Gasteiger partial charge in [0.2, 0.25) is 5.91 Å². The number of carbonyl (C=O) groups is 2. The minimum atomic E-state index is -0.443. The lowest BCUT2D eigenvalue weighted by molar-refractivity contribution is -0.122. The van der Waals surface area contributed by atoms with Crippen molar-refractivity contribution < 1.29 is 14.3 Å². The quantitative estimate of drug-likeness (QED) is 0.736. The second kappa shape index (κ2) is 8.32. The third kappa shape index (κ3) is 5.01. The lowest BCUT2D eigenvalue weighted by atomic mass is 10.1. The third-order valence-electron chi connectivity index (χ3n) is 3.00. The zero-order valence-electron chi connectivity index (χ0n) is 12.0. The smallest absolute Gasteiger partial charge is 0.337 e. The maximum atomic E-state index is 11.6. The summed E-state index contributed by atoms with van der Waals surface area (Å²) < 4.78 is 4.67. The van der Waals surface area contributed by atoms with E-state index in [-0.39, 0.29) is 11.9 Å². The highest BCUT2D eigenvalue weighted by atomic mass is 16.5. The van der Waals surface area contributed by atoms with E-state index in [4.69, 9.17) is 5.73 Å². The Kier molecular flexibility index (Phi) is 6.73. The Morgan fingerprint density at radius 2 is 2.15 bits per heavy atom. The van der Waals surface area contributed by atoms with Crippen LogP contribution in [0, 0.1) is 0 Å². The predicted octanol–water partition coefficient (Wildman–Crippen LogP) is 1.26. The van der Waals surface area contributed by atoms with Crippen LogP contribution in [0.4, 0.5) is 0 Å². The maximum Gasteiger partial charge on any atom is 0.337 e. The Hall–Kier alpha value is -1.88. The fourth-order valence-electron chi connectivity index (χ4n) is 1.87. The van der Waals surface area contributed by atoms with E-state index in [1.54, 1.807) is 18.2 Å². The molecule has 0 spiro atoms. The first-order valence-corrected chi connectivity index (χ1v) is 6.79. The molecule has 1 rings (SSSR count). The molecule has 3 N–H and O–H groups in total. The number of hydrogen-bond donors (Lipinski definition) is 2. The Bertz CT molecular complexity index is 460. The van der Waals surface area contributed by atoms with Crippen LogP contribution in [0.1, 0.15) is 35.7 Å². The SMILES string of the molecule is CCCC(N)C(=O)NCCc1cccc(C(=O)OC)c1. The highest BCUT2D eigenvalue weighted by Crippen LogP contribution is 2.07. The predicted molar refractivity (Wildman–Crippen MR) is 77.4 cm³/mol. The molecule has 0 bridgehead atoms. The number of benzene rings is 1. The van der Waals surface area contributed by atoms with Gasteiger partial charge in [0.1, 0.15) is 0 Å². The van der Waals surface area contributed by atoms with Gasteiger partial charge in [-0.1, -0.05) is 25.5 Å². The molecule has 0 aliphatic rings. The van der Waals surface area contributed by atoms with Crippen molar-refractivity contribution in [3.05, 3.63) is 35.4 Å². The first kappa shape index (κ1) is 16.2. The first-order valence-electron chi connectivity index (χ1n) is 6.79. The summed E-state index contributed by atoms with van der Waals surface area (Å²) in [6.07, 6.45) is 2.22. The lowest BCUT2D eigenvalue weighted by Crippen LogP contribution is -2.41. The second-order valence-electron chi connectivity index (χ2n) is 4.63. The summed E-state index contributed by atoms with van der Waals surface area (Å²) in [7, 11) is 1.35. The van der Waals surface area contributed by atoms with Gasteiger partial charge in [-0.05, 0) is 30.5 Å². The van der Waals surface area contributed by atoms with E-state index in [1.165, 1.54) is 7.11 Å². The molecule has 5 heteroatoms. The summed E-state index contributed by atoms with van der Waals surface area (Å²) in [5, 5.41) is 2.80. The molecule has 20 heavy (non-hydrogen) atoms. The lowest BCUT2D eigenvalue weighted by Gasteiger charge is -2.11. The highest BCUT2D eigenvalue weighted by Gasteiger charge is 2.11. The van der Waals surface area contributed by atoms with Crippen molar-refractivity contribution in [1.29, 1.82) is 0 Å². The van der Waals surface area contributed by atoms with Gasteiger partial charge in [0.15, 0.2) is 0 Å². The molecule has 0 fully saturated rings. The Labute approximate surface area is 119 Å². The van der Waals surface area contributed by atoms with Crippen LogP contribution in [0.2, 0.25) is 0 Å². The van der Waals surface area contributed by atoms with Gasteiger partial charge < -0.3 is 15.8 Å². The molecule has 1 amide bonds. The summed E-state index contributed by atoms with van der Waals surface area (Å²) in [6.45, 7) is 2.49. The molecule has 0 radical (unpaired) electrons. The van der Waals surface area contributed by atoms with E-state index < -0.39 is 6.04 Å². The van der Waals surface area contributed by atoms with Gasteiger partial charge in [0.25, 0.3) is 0 Å². The molecule has 1 aromatic carbocycles. The summed E-state index contributed by atoms with van der Waals surface area (Å²) in [6, 6.07) is 6.73. The van der Waals surface area contributed by atoms with Gasteiger partial charge in [-0.25, -0.2) is 4.79 Å². The van der Waals surface area contributed by atoms with Crippen LogP contribution in [0.15, 0.2) is 24.3 Å². The minimum absolute atomic E-state index is 0.129. The normalized spacial score (nSPS) is 11.8.